The van der Waals surface area contributed by atoms with E-state index in [1.807, 2.05) is 0 Å². The Balaban J connectivity index is 0.000001000. The minimum absolute atomic E-state index is 0. The monoisotopic (exact) mass is 246 g/mol. The van der Waals surface area contributed by atoms with E-state index in [0.717, 1.165) is 0 Å². The smallest absolute Gasteiger partial charge is 0.282 e. The van der Waals surface area contributed by atoms with Gasteiger partial charge in [0.2, 0.25) is 0 Å². The van der Waals surface area contributed by atoms with Gasteiger partial charge in [0.05, 0.1) is 4.90 Å². The SMILES string of the molecule is O=S(=O)(O)c1ccccc1.[Sr]. The molecule has 0 amide bonds. The zero-order valence-electron chi connectivity index (χ0n) is 5.77. The van der Waals surface area contributed by atoms with E-state index in [-0.39, 0.29) is 50.4 Å². The van der Waals surface area contributed by atoms with Crippen LogP contribution >= 0.6 is 0 Å². The van der Waals surface area contributed by atoms with Crippen LogP contribution in [-0.4, -0.2) is 58.5 Å². The molecule has 0 unspecified atom stereocenters. The molecule has 1 rings (SSSR count). The van der Waals surface area contributed by atoms with Crippen molar-refractivity contribution in [2.45, 2.75) is 4.90 Å². The summed E-state index contributed by atoms with van der Waals surface area (Å²) in [5.41, 5.74) is 0. The predicted molar refractivity (Wildman–Crippen MR) is 42.0 cm³/mol. The van der Waals surface area contributed by atoms with Crippen LogP contribution in [0.25, 0.3) is 0 Å². The van der Waals surface area contributed by atoms with Crippen LogP contribution in [-0.2, 0) is 10.1 Å². The molecule has 0 aromatic heterocycles. The Morgan fingerprint density at radius 1 is 1.09 bits per heavy atom. The third-order valence-electron chi connectivity index (χ3n) is 1.04. The van der Waals surface area contributed by atoms with Gasteiger partial charge in [-0.2, -0.15) is 8.42 Å². The van der Waals surface area contributed by atoms with Crippen LogP contribution in [0.3, 0.4) is 0 Å². The fourth-order valence-corrected chi connectivity index (χ4v) is 1.09. The Kier molecular flexibility index (Phi) is 4.85. The molecule has 0 atom stereocenters. The van der Waals surface area contributed by atoms with E-state index in [1.54, 1.807) is 18.2 Å². The van der Waals surface area contributed by atoms with Gasteiger partial charge in [0.1, 0.15) is 0 Å². The van der Waals surface area contributed by atoms with Gasteiger partial charge in [-0.05, 0) is 12.1 Å². The molecular formula is C6H6O3SSr. The van der Waals surface area contributed by atoms with Crippen molar-refractivity contribution >= 4 is 55.6 Å². The van der Waals surface area contributed by atoms with Gasteiger partial charge >= 0.3 is 0 Å². The summed E-state index contributed by atoms with van der Waals surface area (Å²) in [5.74, 6) is 0. The Labute approximate surface area is 102 Å². The van der Waals surface area contributed by atoms with Gasteiger partial charge in [0.15, 0.2) is 0 Å². The van der Waals surface area contributed by atoms with Gasteiger partial charge in [-0.25, -0.2) is 0 Å². The minimum Gasteiger partial charge on any atom is -0.282 e. The summed E-state index contributed by atoms with van der Waals surface area (Å²) < 4.78 is 29.2. The summed E-state index contributed by atoms with van der Waals surface area (Å²) >= 11 is 0. The van der Waals surface area contributed by atoms with Crippen LogP contribution in [0.4, 0.5) is 0 Å². The van der Waals surface area contributed by atoms with Crippen molar-refractivity contribution in [3.63, 3.8) is 0 Å². The molecule has 0 saturated carbocycles. The zero-order valence-corrected chi connectivity index (χ0v) is 10.1. The quantitative estimate of drug-likeness (QED) is 0.581. The molecule has 0 aliphatic heterocycles. The van der Waals surface area contributed by atoms with Crippen molar-refractivity contribution in [1.82, 2.24) is 0 Å². The van der Waals surface area contributed by atoms with Crippen molar-refractivity contribution in [3.05, 3.63) is 30.3 Å². The first-order valence-electron chi connectivity index (χ1n) is 2.63. The van der Waals surface area contributed by atoms with Crippen molar-refractivity contribution in [2.24, 2.45) is 0 Å². The van der Waals surface area contributed by atoms with Crippen LogP contribution in [0.1, 0.15) is 0 Å². The van der Waals surface area contributed by atoms with Gasteiger partial charge in [-0.3, -0.25) is 4.55 Å². The van der Waals surface area contributed by atoms with Crippen molar-refractivity contribution in [2.75, 3.05) is 0 Å². The number of hydrogen-bond donors (Lipinski definition) is 1. The average Bonchev–Trinajstić information content (AvgIpc) is 1.88. The molecule has 0 aliphatic carbocycles. The Hall–Kier alpha value is 0.611. The molecule has 0 fully saturated rings. The molecule has 0 aliphatic rings. The molecule has 3 nitrogen and oxygen atoms in total. The fraction of sp³-hybridized carbons (Fsp3) is 0. The van der Waals surface area contributed by atoms with E-state index in [1.165, 1.54) is 12.1 Å². The molecule has 1 aromatic rings. The first-order valence-corrected chi connectivity index (χ1v) is 4.07. The third kappa shape index (κ3) is 3.69. The van der Waals surface area contributed by atoms with E-state index >= 15 is 0 Å². The summed E-state index contributed by atoms with van der Waals surface area (Å²) in [6.45, 7) is 0. The van der Waals surface area contributed by atoms with Crippen LogP contribution < -0.4 is 0 Å². The molecule has 11 heavy (non-hydrogen) atoms. The topological polar surface area (TPSA) is 54.4 Å². The summed E-state index contributed by atoms with van der Waals surface area (Å²) in [6.07, 6.45) is 0. The summed E-state index contributed by atoms with van der Waals surface area (Å²) in [6, 6.07) is 7.42. The maximum Gasteiger partial charge on any atom is 0.294 e. The molecule has 2 radical (unpaired) electrons. The Bertz CT molecular complexity index is 306. The van der Waals surface area contributed by atoms with Crippen molar-refractivity contribution in [1.29, 1.82) is 0 Å². The first-order chi connectivity index (χ1) is 4.61. The van der Waals surface area contributed by atoms with E-state index in [4.69, 9.17) is 4.55 Å². The second kappa shape index (κ2) is 4.59. The average molecular weight is 246 g/mol. The van der Waals surface area contributed by atoms with Crippen LogP contribution in [0.15, 0.2) is 35.2 Å². The summed E-state index contributed by atoms with van der Waals surface area (Å²) in [7, 11) is -4.00. The van der Waals surface area contributed by atoms with Gasteiger partial charge < -0.3 is 0 Å². The van der Waals surface area contributed by atoms with Gasteiger partial charge in [-0.1, -0.05) is 18.2 Å². The normalized spacial score (nSPS) is 10.3. The minimum atomic E-state index is -4.00. The van der Waals surface area contributed by atoms with Gasteiger partial charge in [0.25, 0.3) is 10.1 Å². The zero-order chi connectivity index (χ0) is 7.61. The molecule has 5 heteroatoms. The molecule has 56 valence electrons. The summed E-state index contributed by atoms with van der Waals surface area (Å²) in [5, 5.41) is 0. The molecule has 0 heterocycles. The second-order valence-electron chi connectivity index (χ2n) is 1.79. The number of benzene rings is 1. The first kappa shape index (κ1) is 11.6. The van der Waals surface area contributed by atoms with E-state index in [9.17, 15) is 8.42 Å². The van der Waals surface area contributed by atoms with Crippen LogP contribution in [0, 0.1) is 0 Å². The van der Waals surface area contributed by atoms with E-state index in [0.29, 0.717) is 0 Å². The maximum absolute atomic E-state index is 10.4. The van der Waals surface area contributed by atoms with Gasteiger partial charge in [-0.15, -0.1) is 0 Å². The van der Waals surface area contributed by atoms with Crippen molar-refractivity contribution < 1.29 is 13.0 Å². The van der Waals surface area contributed by atoms with E-state index < -0.39 is 10.1 Å². The molecule has 0 saturated heterocycles. The number of hydrogen-bond acceptors (Lipinski definition) is 2. The largest absolute Gasteiger partial charge is 0.294 e. The Morgan fingerprint density at radius 3 is 1.82 bits per heavy atom. The Morgan fingerprint density at radius 2 is 1.55 bits per heavy atom. The fourth-order valence-electron chi connectivity index (χ4n) is 0.592. The molecule has 0 bridgehead atoms. The molecule has 1 N–H and O–H groups in total. The van der Waals surface area contributed by atoms with Crippen LogP contribution in [0.2, 0.25) is 0 Å². The molecular weight excluding hydrogens is 240 g/mol. The van der Waals surface area contributed by atoms with Crippen molar-refractivity contribution in [3.8, 4) is 0 Å². The molecule has 1 aromatic carbocycles. The predicted octanol–water partition coefficient (Wildman–Crippen LogP) is 0.553. The third-order valence-corrected chi connectivity index (χ3v) is 1.91. The second-order valence-corrected chi connectivity index (χ2v) is 3.21. The maximum atomic E-state index is 10.4. The number of rotatable bonds is 1. The molecule has 0 spiro atoms. The summed E-state index contributed by atoms with van der Waals surface area (Å²) in [4.78, 5) is -0.0741. The van der Waals surface area contributed by atoms with Crippen LogP contribution in [0.5, 0.6) is 0 Å². The van der Waals surface area contributed by atoms with E-state index in [2.05, 4.69) is 0 Å². The van der Waals surface area contributed by atoms with Gasteiger partial charge in [0, 0.05) is 45.5 Å². The standard InChI is InChI=1S/C6H6O3S.Sr/c7-10(8,9)6-4-2-1-3-5-6;/h1-5H,(H,7,8,9);.